The number of carbonyl (C=O) groups is 2. The fraction of sp³-hybridized carbons (Fsp3) is 0.704. The Bertz CT molecular complexity index is 803. The molecule has 0 N–H and O–H groups in total. The number of amides is 1. The molecule has 1 aromatic carbocycles. The van der Waals surface area contributed by atoms with Gasteiger partial charge in [0.25, 0.3) is 0 Å². The first kappa shape index (κ1) is 21.9. The van der Waals surface area contributed by atoms with Crippen LogP contribution < -0.4 is 0 Å². The summed E-state index contributed by atoms with van der Waals surface area (Å²) in [5.74, 6) is 2.55. The van der Waals surface area contributed by atoms with Crippen LogP contribution in [0, 0.1) is 23.7 Å². The molecular formula is C27H38N2O3. The van der Waals surface area contributed by atoms with Gasteiger partial charge in [0.2, 0.25) is 5.91 Å². The van der Waals surface area contributed by atoms with Gasteiger partial charge in [-0.1, -0.05) is 30.3 Å². The second-order valence-electron chi connectivity index (χ2n) is 11.2. The van der Waals surface area contributed by atoms with Crippen molar-refractivity contribution in [2.75, 3.05) is 19.6 Å². The zero-order valence-corrected chi connectivity index (χ0v) is 19.7. The number of piperidine rings is 1. The SMILES string of the molecule is CC(=O)O[C@@H]1CCN(Cc2ccccc2)C[C@@H]1CN(C(C)=O)C12CC3CC(CC(C3)C1)C2. The molecule has 1 heterocycles. The highest BCUT2D eigenvalue weighted by Crippen LogP contribution is 2.58. The maximum atomic E-state index is 13.0. The molecule has 4 saturated carbocycles. The molecule has 1 amide bonds. The second kappa shape index (κ2) is 8.81. The van der Waals surface area contributed by atoms with E-state index in [1.165, 1.54) is 51.0 Å². The zero-order valence-electron chi connectivity index (χ0n) is 19.7. The third-order valence-corrected chi connectivity index (χ3v) is 8.69. The lowest BCUT2D eigenvalue weighted by molar-refractivity contribution is -0.160. The average Bonchev–Trinajstić information content (AvgIpc) is 2.72. The summed E-state index contributed by atoms with van der Waals surface area (Å²) in [6.45, 7) is 6.66. The van der Waals surface area contributed by atoms with Crippen molar-refractivity contribution in [3.63, 3.8) is 0 Å². The Hall–Kier alpha value is -1.88. The summed E-state index contributed by atoms with van der Waals surface area (Å²) in [7, 11) is 0. The molecular weight excluding hydrogens is 400 g/mol. The van der Waals surface area contributed by atoms with Crippen LogP contribution in [0.1, 0.15) is 64.4 Å². The minimum Gasteiger partial charge on any atom is -0.462 e. The largest absolute Gasteiger partial charge is 0.462 e. The van der Waals surface area contributed by atoms with Crippen molar-refractivity contribution in [2.24, 2.45) is 23.7 Å². The van der Waals surface area contributed by atoms with Gasteiger partial charge in [-0.25, -0.2) is 0 Å². The van der Waals surface area contributed by atoms with Gasteiger partial charge in [-0.2, -0.15) is 0 Å². The smallest absolute Gasteiger partial charge is 0.302 e. The fourth-order valence-corrected chi connectivity index (χ4v) is 7.90. The third kappa shape index (κ3) is 4.46. The van der Waals surface area contributed by atoms with E-state index in [0.717, 1.165) is 43.8 Å². The molecule has 1 saturated heterocycles. The molecule has 5 fully saturated rings. The van der Waals surface area contributed by atoms with Gasteiger partial charge >= 0.3 is 5.97 Å². The first-order valence-electron chi connectivity index (χ1n) is 12.6. The molecule has 0 aromatic heterocycles. The lowest BCUT2D eigenvalue weighted by Gasteiger charge is -2.61. The van der Waals surface area contributed by atoms with E-state index in [1.54, 1.807) is 6.92 Å². The van der Waals surface area contributed by atoms with E-state index in [9.17, 15) is 9.59 Å². The first-order valence-corrected chi connectivity index (χ1v) is 12.6. The van der Waals surface area contributed by atoms with Gasteiger partial charge in [-0.15, -0.1) is 0 Å². The highest BCUT2D eigenvalue weighted by Gasteiger charge is 2.54. The van der Waals surface area contributed by atoms with Crippen LogP contribution in [0.5, 0.6) is 0 Å². The Morgan fingerprint density at radius 1 is 1.03 bits per heavy atom. The van der Waals surface area contributed by atoms with Crippen molar-refractivity contribution in [1.82, 2.24) is 9.80 Å². The van der Waals surface area contributed by atoms with E-state index in [4.69, 9.17) is 4.74 Å². The van der Waals surface area contributed by atoms with Crippen molar-refractivity contribution in [3.05, 3.63) is 35.9 Å². The second-order valence-corrected chi connectivity index (χ2v) is 11.2. The summed E-state index contributed by atoms with van der Waals surface area (Å²) in [6, 6.07) is 10.6. The Kier molecular flexibility index (Phi) is 6.04. The van der Waals surface area contributed by atoms with Gasteiger partial charge in [0, 0.05) is 51.5 Å². The van der Waals surface area contributed by atoms with Crippen LogP contribution >= 0.6 is 0 Å². The molecule has 0 spiro atoms. The molecule has 174 valence electrons. The van der Waals surface area contributed by atoms with Crippen LogP contribution in [0.3, 0.4) is 0 Å². The number of esters is 1. The van der Waals surface area contributed by atoms with Crippen molar-refractivity contribution in [3.8, 4) is 0 Å². The summed E-state index contributed by atoms with van der Waals surface area (Å²) in [6.07, 6.45) is 8.38. The molecule has 6 rings (SSSR count). The zero-order chi connectivity index (χ0) is 22.3. The molecule has 0 radical (unpaired) electrons. The molecule has 4 bridgehead atoms. The van der Waals surface area contributed by atoms with Crippen LogP contribution in [-0.2, 0) is 20.9 Å². The van der Waals surface area contributed by atoms with Gasteiger partial charge < -0.3 is 9.64 Å². The van der Waals surface area contributed by atoms with Gasteiger partial charge in [-0.3, -0.25) is 14.5 Å². The Labute approximate surface area is 192 Å². The number of carbonyl (C=O) groups excluding carboxylic acids is 2. The maximum absolute atomic E-state index is 13.0. The quantitative estimate of drug-likeness (QED) is 0.623. The number of hydrogen-bond donors (Lipinski definition) is 0. The number of likely N-dealkylation sites (tertiary alicyclic amines) is 1. The Balaban J connectivity index is 1.35. The topological polar surface area (TPSA) is 49.9 Å². The van der Waals surface area contributed by atoms with Gasteiger partial charge in [-0.05, 0) is 68.3 Å². The number of benzene rings is 1. The number of ether oxygens (including phenoxy) is 1. The number of hydrogen-bond acceptors (Lipinski definition) is 4. The lowest BCUT2D eigenvalue weighted by atomic mass is 9.52. The standard InChI is InChI=1S/C27H38N2O3/c1-19(30)29(27-13-22-10-23(14-27)12-24(11-22)15-27)18-25-17-28(9-8-26(25)32-20(2)31)16-21-6-4-3-5-7-21/h3-7,22-26H,8-18H2,1-2H3/t22?,23?,24?,25-,26-,27?/m1/s1. The molecule has 4 aliphatic carbocycles. The molecule has 0 unspecified atom stereocenters. The molecule has 5 nitrogen and oxygen atoms in total. The predicted octanol–water partition coefficient (Wildman–Crippen LogP) is 4.26. The predicted molar refractivity (Wildman–Crippen MR) is 124 cm³/mol. The van der Waals surface area contributed by atoms with E-state index in [0.29, 0.717) is 6.54 Å². The molecule has 1 aromatic rings. The highest BCUT2D eigenvalue weighted by molar-refractivity contribution is 5.74. The monoisotopic (exact) mass is 438 g/mol. The van der Waals surface area contributed by atoms with E-state index >= 15 is 0 Å². The van der Waals surface area contributed by atoms with Crippen LogP contribution in [-0.4, -0.2) is 53.0 Å². The first-order chi connectivity index (χ1) is 15.4. The lowest BCUT2D eigenvalue weighted by Crippen LogP contribution is -2.63. The molecule has 2 atom stereocenters. The van der Waals surface area contributed by atoms with E-state index in [1.807, 2.05) is 0 Å². The number of nitrogens with zero attached hydrogens (tertiary/aromatic N) is 2. The third-order valence-electron chi connectivity index (χ3n) is 8.69. The van der Waals surface area contributed by atoms with Crippen molar-refractivity contribution in [2.45, 2.75) is 77.0 Å². The molecule has 1 aliphatic heterocycles. The Morgan fingerprint density at radius 3 is 2.22 bits per heavy atom. The van der Waals surface area contributed by atoms with Crippen molar-refractivity contribution >= 4 is 11.9 Å². The summed E-state index contributed by atoms with van der Waals surface area (Å²) in [5.41, 5.74) is 1.35. The van der Waals surface area contributed by atoms with Crippen LogP contribution in [0.4, 0.5) is 0 Å². The summed E-state index contributed by atoms with van der Waals surface area (Å²) < 4.78 is 5.80. The van der Waals surface area contributed by atoms with E-state index < -0.39 is 0 Å². The summed E-state index contributed by atoms with van der Waals surface area (Å²) in [5, 5.41) is 0. The van der Waals surface area contributed by atoms with Crippen LogP contribution in [0.2, 0.25) is 0 Å². The summed E-state index contributed by atoms with van der Waals surface area (Å²) >= 11 is 0. The minimum absolute atomic E-state index is 0.0447. The van der Waals surface area contributed by atoms with E-state index in [-0.39, 0.29) is 29.4 Å². The Morgan fingerprint density at radius 2 is 1.66 bits per heavy atom. The molecule has 5 aliphatic rings. The molecule has 5 heteroatoms. The van der Waals surface area contributed by atoms with Crippen molar-refractivity contribution in [1.29, 1.82) is 0 Å². The fourth-order valence-electron chi connectivity index (χ4n) is 7.90. The van der Waals surface area contributed by atoms with Crippen LogP contribution in [0.15, 0.2) is 30.3 Å². The highest BCUT2D eigenvalue weighted by atomic mass is 16.5. The minimum atomic E-state index is -0.208. The van der Waals surface area contributed by atoms with Crippen molar-refractivity contribution < 1.29 is 14.3 Å². The summed E-state index contributed by atoms with van der Waals surface area (Å²) in [4.78, 5) is 29.6. The average molecular weight is 439 g/mol. The normalized spacial score (nSPS) is 36.1. The van der Waals surface area contributed by atoms with Crippen LogP contribution in [0.25, 0.3) is 0 Å². The van der Waals surface area contributed by atoms with Gasteiger partial charge in [0.05, 0.1) is 0 Å². The van der Waals surface area contributed by atoms with Gasteiger partial charge in [0.15, 0.2) is 0 Å². The van der Waals surface area contributed by atoms with Gasteiger partial charge in [0.1, 0.15) is 6.10 Å². The van der Waals surface area contributed by atoms with E-state index in [2.05, 4.69) is 40.1 Å². The number of rotatable bonds is 6. The maximum Gasteiger partial charge on any atom is 0.302 e. The molecule has 32 heavy (non-hydrogen) atoms.